The maximum Gasteiger partial charge on any atom is 0.0186 e. The Balaban J connectivity index is 2.48. The average molecular weight is 198 g/mol. The molecule has 0 unspecified atom stereocenters. The molecule has 72 valence electrons. The van der Waals surface area contributed by atoms with E-state index in [4.69, 9.17) is 11.6 Å². The molecule has 0 saturated heterocycles. The normalized spacial score (nSPS) is 17.2. The second-order valence-corrected chi connectivity index (χ2v) is 3.78. The second kappa shape index (κ2) is 5.25. The molecule has 1 nitrogen and oxygen atoms in total. The predicted octanol–water partition coefficient (Wildman–Crippen LogP) is 3.00. The molecule has 0 heterocycles. The quantitative estimate of drug-likeness (QED) is 0.540. The van der Waals surface area contributed by atoms with E-state index in [1.165, 1.54) is 11.1 Å². The van der Waals surface area contributed by atoms with Crippen LogP contribution in [0.1, 0.15) is 19.8 Å². The van der Waals surface area contributed by atoms with Gasteiger partial charge in [-0.15, -0.1) is 6.58 Å². The van der Waals surface area contributed by atoms with E-state index in [0.29, 0.717) is 0 Å². The fourth-order valence-electron chi connectivity index (χ4n) is 1.43. The topological polar surface area (TPSA) is 12.0 Å². The molecule has 0 fully saturated rings. The zero-order valence-corrected chi connectivity index (χ0v) is 8.82. The summed E-state index contributed by atoms with van der Waals surface area (Å²) in [6.45, 7) is 7.61. The van der Waals surface area contributed by atoms with E-state index in [1.807, 2.05) is 6.08 Å². The minimum Gasteiger partial charge on any atom is -0.310 e. The van der Waals surface area contributed by atoms with Crippen molar-refractivity contribution in [2.75, 3.05) is 13.1 Å². The summed E-state index contributed by atoms with van der Waals surface area (Å²) < 4.78 is 0. The number of allylic oxidation sites excluding steroid dienone is 3. The van der Waals surface area contributed by atoms with Crippen molar-refractivity contribution in [1.82, 2.24) is 5.32 Å². The van der Waals surface area contributed by atoms with E-state index in [2.05, 4.69) is 24.9 Å². The van der Waals surface area contributed by atoms with Gasteiger partial charge in [0, 0.05) is 18.1 Å². The molecule has 1 aliphatic carbocycles. The Labute approximate surface area is 85.2 Å². The highest BCUT2D eigenvalue weighted by Gasteiger charge is 2.08. The Morgan fingerprint density at radius 1 is 1.62 bits per heavy atom. The van der Waals surface area contributed by atoms with Crippen LogP contribution in [0.2, 0.25) is 0 Å². The molecule has 0 aromatic carbocycles. The first-order chi connectivity index (χ1) is 6.24. The third-order valence-electron chi connectivity index (χ3n) is 2.22. The van der Waals surface area contributed by atoms with Crippen LogP contribution in [0.4, 0.5) is 0 Å². The lowest BCUT2D eigenvalue weighted by atomic mass is 9.98. The fraction of sp³-hybridized carbons (Fsp3) is 0.455. The number of nitrogens with one attached hydrogen (secondary N) is 1. The van der Waals surface area contributed by atoms with Crippen LogP contribution in [-0.4, -0.2) is 13.1 Å². The standard InChI is InChI=1S/C11H16ClN/c1-3-6-13-8-10-4-5-11(12)7-9(10)2/h3,7,13H,1,4-6,8H2,2H3. The van der Waals surface area contributed by atoms with Gasteiger partial charge < -0.3 is 5.32 Å². The van der Waals surface area contributed by atoms with Gasteiger partial charge in [-0.2, -0.15) is 0 Å². The maximum absolute atomic E-state index is 5.93. The molecule has 0 atom stereocenters. The van der Waals surface area contributed by atoms with Crippen LogP contribution >= 0.6 is 11.6 Å². The minimum atomic E-state index is 0.869. The number of hydrogen-bond donors (Lipinski definition) is 1. The van der Waals surface area contributed by atoms with E-state index in [1.54, 1.807) is 0 Å². The van der Waals surface area contributed by atoms with Crippen LogP contribution in [0.3, 0.4) is 0 Å². The summed E-state index contributed by atoms with van der Waals surface area (Å²) in [7, 11) is 0. The first-order valence-electron chi connectivity index (χ1n) is 4.60. The van der Waals surface area contributed by atoms with Crippen LogP contribution in [0.5, 0.6) is 0 Å². The molecular formula is C11H16ClN. The first-order valence-corrected chi connectivity index (χ1v) is 4.98. The highest BCUT2D eigenvalue weighted by molar-refractivity contribution is 6.29. The molecule has 1 rings (SSSR count). The molecule has 13 heavy (non-hydrogen) atoms. The molecule has 1 aliphatic rings. The van der Waals surface area contributed by atoms with Crippen molar-refractivity contribution in [2.24, 2.45) is 0 Å². The van der Waals surface area contributed by atoms with Crippen LogP contribution < -0.4 is 5.32 Å². The Hall–Kier alpha value is -0.530. The summed E-state index contributed by atoms with van der Waals surface area (Å²) in [5.41, 5.74) is 2.78. The third kappa shape index (κ3) is 3.37. The van der Waals surface area contributed by atoms with Gasteiger partial charge in [-0.3, -0.25) is 0 Å². The predicted molar refractivity (Wildman–Crippen MR) is 58.9 cm³/mol. The Morgan fingerprint density at radius 3 is 3.00 bits per heavy atom. The smallest absolute Gasteiger partial charge is 0.0186 e. The summed E-state index contributed by atoms with van der Waals surface area (Å²) in [5, 5.41) is 4.28. The van der Waals surface area contributed by atoms with Gasteiger partial charge in [0.2, 0.25) is 0 Å². The van der Waals surface area contributed by atoms with Crippen LogP contribution in [0.15, 0.2) is 34.9 Å². The van der Waals surface area contributed by atoms with Crippen molar-refractivity contribution in [3.05, 3.63) is 34.9 Å². The van der Waals surface area contributed by atoms with E-state index in [-0.39, 0.29) is 0 Å². The third-order valence-corrected chi connectivity index (χ3v) is 2.52. The molecule has 0 amide bonds. The van der Waals surface area contributed by atoms with Gasteiger partial charge in [0.15, 0.2) is 0 Å². The summed E-state index contributed by atoms with van der Waals surface area (Å²) in [4.78, 5) is 0. The molecule has 0 aromatic heterocycles. The van der Waals surface area contributed by atoms with E-state index < -0.39 is 0 Å². The minimum absolute atomic E-state index is 0.869. The number of rotatable bonds is 4. The second-order valence-electron chi connectivity index (χ2n) is 3.30. The fourth-order valence-corrected chi connectivity index (χ4v) is 1.69. The van der Waals surface area contributed by atoms with Gasteiger partial charge in [0.25, 0.3) is 0 Å². The molecule has 0 radical (unpaired) electrons. The monoisotopic (exact) mass is 197 g/mol. The van der Waals surface area contributed by atoms with E-state index in [0.717, 1.165) is 31.0 Å². The lowest BCUT2D eigenvalue weighted by molar-refractivity contribution is 0.762. The SMILES string of the molecule is C=CCNCC1=C(C)C=C(Cl)CC1. The molecule has 0 spiro atoms. The average Bonchev–Trinajstić information content (AvgIpc) is 2.09. The van der Waals surface area contributed by atoms with Crippen molar-refractivity contribution < 1.29 is 0 Å². The zero-order valence-electron chi connectivity index (χ0n) is 8.07. The number of halogens is 1. The number of hydrogen-bond acceptors (Lipinski definition) is 1. The maximum atomic E-state index is 5.93. The van der Waals surface area contributed by atoms with E-state index in [9.17, 15) is 0 Å². The summed E-state index contributed by atoms with van der Waals surface area (Å²) in [6, 6.07) is 0. The van der Waals surface area contributed by atoms with Gasteiger partial charge in [0.05, 0.1) is 0 Å². The van der Waals surface area contributed by atoms with Crippen molar-refractivity contribution in [2.45, 2.75) is 19.8 Å². The molecule has 1 N–H and O–H groups in total. The summed E-state index contributed by atoms with van der Waals surface area (Å²) in [5.74, 6) is 0. The van der Waals surface area contributed by atoms with Crippen LogP contribution in [0, 0.1) is 0 Å². The summed E-state index contributed by atoms with van der Waals surface area (Å²) >= 11 is 5.93. The Bertz CT molecular complexity index is 251. The summed E-state index contributed by atoms with van der Waals surface area (Å²) in [6.07, 6.45) is 6.02. The highest BCUT2D eigenvalue weighted by Crippen LogP contribution is 2.25. The van der Waals surface area contributed by atoms with Crippen molar-refractivity contribution >= 4 is 11.6 Å². The van der Waals surface area contributed by atoms with Gasteiger partial charge in [-0.1, -0.05) is 23.3 Å². The lowest BCUT2D eigenvalue weighted by Gasteiger charge is -2.15. The first kappa shape index (κ1) is 10.6. The lowest BCUT2D eigenvalue weighted by Crippen LogP contribution is -2.18. The van der Waals surface area contributed by atoms with Crippen LogP contribution in [-0.2, 0) is 0 Å². The van der Waals surface area contributed by atoms with Crippen molar-refractivity contribution in [3.63, 3.8) is 0 Å². The van der Waals surface area contributed by atoms with Gasteiger partial charge in [0.1, 0.15) is 0 Å². The van der Waals surface area contributed by atoms with Gasteiger partial charge in [-0.25, -0.2) is 0 Å². The van der Waals surface area contributed by atoms with Crippen molar-refractivity contribution in [1.29, 1.82) is 0 Å². The highest BCUT2D eigenvalue weighted by atomic mass is 35.5. The Kier molecular flexibility index (Phi) is 4.26. The molecule has 0 bridgehead atoms. The molecule has 0 aliphatic heterocycles. The van der Waals surface area contributed by atoms with E-state index >= 15 is 0 Å². The molecule has 2 heteroatoms. The van der Waals surface area contributed by atoms with Gasteiger partial charge >= 0.3 is 0 Å². The van der Waals surface area contributed by atoms with Gasteiger partial charge in [-0.05, 0) is 31.4 Å². The molecule has 0 saturated carbocycles. The van der Waals surface area contributed by atoms with Crippen LogP contribution in [0.25, 0.3) is 0 Å². The largest absolute Gasteiger partial charge is 0.310 e. The molecule has 0 aromatic rings. The zero-order chi connectivity index (χ0) is 9.68. The van der Waals surface area contributed by atoms with Crippen molar-refractivity contribution in [3.8, 4) is 0 Å². The molecular weight excluding hydrogens is 182 g/mol. The Morgan fingerprint density at radius 2 is 2.38 bits per heavy atom.